The topological polar surface area (TPSA) is 50.7 Å². The molecule has 4 nitrogen and oxygen atoms in total. The first-order valence-electron chi connectivity index (χ1n) is 5.68. The van der Waals surface area contributed by atoms with Gasteiger partial charge in [-0.05, 0) is 52.5 Å². The molecule has 18 heavy (non-hydrogen) atoms. The lowest BCUT2D eigenvalue weighted by molar-refractivity contribution is 0.0547. The molecule has 1 N–H and O–H groups in total. The lowest BCUT2D eigenvalue weighted by atomic mass is 10.1. The fraction of sp³-hybridized carbons (Fsp3) is 0.538. The summed E-state index contributed by atoms with van der Waals surface area (Å²) in [6.07, 6.45) is 2.65. The minimum absolute atomic E-state index is 0.243. The fourth-order valence-electron chi connectivity index (χ4n) is 1.11. The van der Waals surface area contributed by atoms with E-state index in [0.717, 1.165) is 0 Å². The number of alkyl carbamates (subject to hydrolysis) is 1. The molecule has 0 aliphatic heterocycles. The van der Waals surface area contributed by atoms with E-state index in [4.69, 9.17) is 4.74 Å². The number of aliphatic imine (C=N–C) groups is 1. The maximum absolute atomic E-state index is 12.3. The van der Waals surface area contributed by atoms with Crippen molar-refractivity contribution in [2.45, 2.75) is 39.7 Å². The number of amides is 1. The van der Waals surface area contributed by atoms with Crippen molar-refractivity contribution in [3.8, 4) is 0 Å². The molecular weight excluding hydrogens is 235 g/mol. The van der Waals surface area contributed by atoms with E-state index < -0.39 is 18.4 Å². The van der Waals surface area contributed by atoms with E-state index in [9.17, 15) is 9.18 Å². The van der Waals surface area contributed by atoms with E-state index in [-0.39, 0.29) is 6.42 Å². The van der Waals surface area contributed by atoms with Crippen LogP contribution >= 0.6 is 0 Å². The Balaban J connectivity index is 4.80. The molecule has 0 atom stereocenters. The molecule has 0 aromatic heterocycles. The first kappa shape index (κ1) is 16.4. The maximum atomic E-state index is 12.3. The van der Waals surface area contributed by atoms with Gasteiger partial charge in [0.25, 0.3) is 0 Å². The number of carbonyl (C=O) groups excluding carboxylic acids is 1. The van der Waals surface area contributed by atoms with E-state index in [1.165, 1.54) is 6.20 Å². The zero-order valence-corrected chi connectivity index (χ0v) is 11.4. The van der Waals surface area contributed by atoms with Gasteiger partial charge >= 0.3 is 6.09 Å². The molecule has 0 spiro atoms. The van der Waals surface area contributed by atoms with Crippen molar-refractivity contribution < 1.29 is 13.9 Å². The van der Waals surface area contributed by atoms with Crippen LogP contribution in [-0.4, -0.2) is 25.1 Å². The van der Waals surface area contributed by atoms with E-state index in [1.807, 2.05) is 0 Å². The van der Waals surface area contributed by atoms with Crippen molar-refractivity contribution in [1.82, 2.24) is 5.32 Å². The molecule has 0 fully saturated rings. The zero-order valence-electron chi connectivity index (χ0n) is 11.4. The van der Waals surface area contributed by atoms with Crippen LogP contribution in [-0.2, 0) is 4.74 Å². The summed E-state index contributed by atoms with van der Waals surface area (Å²) in [6, 6.07) is 0. The van der Waals surface area contributed by atoms with Crippen LogP contribution in [0.5, 0.6) is 0 Å². The van der Waals surface area contributed by atoms with Crippen LogP contribution in [0.2, 0.25) is 0 Å². The van der Waals surface area contributed by atoms with Gasteiger partial charge in [0.05, 0.1) is 6.67 Å². The summed E-state index contributed by atoms with van der Waals surface area (Å²) in [7, 11) is 0. The van der Waals surface area contributed by atoms with Crippen LogP contribution in [0.1, 0.15) is 34.1 Å². The summed E-state index contributed by atoms with van der Waals surface area (Å²) >= 11 is 0. The van der Waals surface area contributed by atoms with Crippen LogP contribution in [0.3, 0.4) is 0 Å². The monoisotopic (exact) mass is 256 g/mol. The average Bonchev–Trinajstić information content (AvgIpc) is 2.21. The third-order valence-electron chi connectivity index (χ3n) is 1.91. The summed E-state index contributed by atoms with van der Waals surface area (Å²) in [5.74, 6) is 0. The highest BCUT2D eigenvalue weighted by atomic mass is 19.1. The van der Waals surface area contributed by atoms with Gasteiger partial charge in [-0.2, -0.15) is 0 Å². The Bertz CT molecular complexity index is 354. The van der Waals surface area contributed by atoms with Crippen LogP contribution in [0.15, 0.2) is 28.5 Å². The van der Waals surface area contributed by atoms with Gasteiger partial charge in [-0.15, -0.1) is 0 Å². The van der Waals surface area contributed by atoms with Crippen molar-refractivity contribution in [3.05, 3.63) is 23.5 Å². The molecule has 5 heteroatoms. The first-order chi connectivity index (χ1) is 8.30. The predicted octanol–water partition coefficient (Wildman–Crippen LogP) is 3.36. The Hall–Kier alpha value is -1.65. The van der Waals surface area contributed by atoms with E-state index in [2.05, 4.69) is 17.0 Å². The Morgan fingerprint density at radius 1 is 1.50 bits per heavy atom. The Morgan fingerprint density at radius 3 is 2.56 bits per heavy atom. The van der Waals surface area contributed by atoms with Crippen LogP contribution < -0.4 is 5.32 Å². The van der Waals surface area contributed by atoms with Gasteiger partial charge in [0.1, 0.15) is 5.60 Å². The molecule has 0 aliphatic rings. The predicted molar refractivity (Wildman–Crippen MR) is 71.4 cm³/mol. The summed E-state index contributed by atoms with van der Waals surface area (Å²) in [4.78, 5) is 15.1. The summed E-state index contributed by atoms with van der Waals surface area (Å²) in [6.45, 7) is 9.86. The van der Waals surface area contributed by atoms with Gasteiger partial charge in [0.2, 0.25) is 0 Å². The molecule has 102 valence electrons. The van der Waals surface area contributed by atoms with Crippen molar-refractivity contribution >= 4 is 12.8 Å². The van der Waals surface area contributed by atoms with Crippen LogP contribution in [0.4, 0.5) is 9.18 Å². The normalized spacial score (nSPS) is 13.2. The zero-order chi connectivity index (χ0) is 14.2. The number of ether oxygens (including phenoxy) is 1. The fourth-order valence-corrected chi connectivity index (χ4v) is 1.11. The lowest BCUT2D eigenvalue weighted by Gasteiger charge is -2.20. The number of nitrogens with zero attached hydrogens (tertiary/aromatic N) is 1. The highest BCUT2D eigenvalue weighted by molar-refractivity contribution is 5.71. The molecule has 0 bridgehead atoms. The number of rotatable bonds is 5. The Kier molecular flexibility index (Phi) is 6.93. The number of hydrogen-bond acceptors (Lipinski definition) is 3. The van der Waals surface area contributed by atoms with Gasteiger partial charge in [0, 0.05) is 11.9 Å². The second-order valence-corrected chi connectivity index (χ2v) is 4.76. The summed E-state index contributed by atoms with van der Waals surface area (Å²) in [5, 5.41) is 2.57. The molecule has 0 aromatic rings. The molecule has 0 saturated heterocycles. The van der Waals surface area contributed by atoms with Crippen molar-refractivity contribution in [2.75, 3.05) is 6.67 Å². The van der Waals surface area contributed by atoms with Gasteiger partial charge < -0.3 is 4.74 Å². The Morgan fingerprint density at radius 2 is 2.11 bits per heavy atom. The highest BCUT2D eigenvalue weighted by Gasteiger charge is 2.16. The lowest BCUT2D eigenvalue weighted by Crippen LogP contribution is -2.32. The van der Waals surface area contributed by atoms with Gasteiger partial charge in [0.15, 0.2) is 0 Å². The van der Waals surface area contributed by atoms with Gasteiger partial charge in [-0.3, -0.25) is 14.7 Å². The second kappa shape index (κ2) is 7.63. The highest BCUT2D eigenvalue weighted by Crippen LogP contribution is 2.11. The largest absolute Gasteiger partial charge is 0.444 e. The first-order valence-corrected chi connectivity index (χ1v) is 5.68. The molecule has 0 aliphatic carbocycles. The molecule has 0 saturated carbocycles. The summed E-state index contributed by atoms with van der Waals surface area (Å²) in [5.41, 5.74) is 0.612. The number of carbonyl (C=O) groups is 1. The number of alkyl halides is 1. The maximum Gasteiger partial charge on any atom is 0.412 e. The van der Waals surface area contributed by atoms with E-state index >= 15 is 0 Å². The van der Waals surface area contributed by atoms with Crippen LogP contribution in [0.25, 0.3) is 0 Å². The van der Waals surface area contributed by atoms with Crippen molar-refractivity contribution in [3.63, 3.8) is 0 Å². The quantitative estimate of drug-likeness (QED) is 0.605. The Labute approximate surface area is 108 Å². The molecule has 0 unspecified atom stereocenters. The number of allylic oxidation sites excluding steroid dienone is 2. The number of hydrogen-bond donors (Lipinski definition) is 1. The second-order valence-electron chi connectivity index (χ2n) is 4.76. The van der Waals surface area contributed by atoms with Gasteiger partial charge in [-0.1, -0.05) is 0 Å². The van der Waals surface area contributed by atoms with Crippen molar-refractivity contribution in [2.24, 2.45) is 4.99 Å². The third-order valence-corrected chi connectivity index (χ3v) is 1.91. The molecule has 0 rings (SSSR count). The van der Waals surface area contributed by atoms with Crippen LogP contribution in [0, 0.1) is 0 Å². The smallest absolute Gasteiger partial charge is 0.412 e. The number of halogens is 1. The molecule has 0 radical (unpaired) electrons. The van der Waals surface area contributed by atoms with E-state index in [0.29, 0.717) is 11.3 Å². The molecule has 0 heterocycles. The van der Waals surface area contributed by atoms with E-state index in [1.54, 1.807) is 33.8 Å². The minimum atomic E-state index is -0.580. The van der Waals surface area contributed by atoms with Crippen molar-refractivity contribution in [1.29, 1.82) is 0 Å². The standard InChI is InChI=1S/C13H21FN2O2/c1-10(6-8-14)11(7-9-15-5)16-12(17)18-13(2,3)4/h7,9H,5-6,8H2,1-4H3,(H,16,17)/b9-7-,11-10-. The molecule has 1 amide bonds. The van der Waals surface area contributed by atoms with Gasteiger partial charge in [-0.25, -0.2) is 4.79 Å². The minimum Gasteiger partial charge on any atom is -0.444 e. The molecular formula is C13H21FN2O2. The third kappa shape index (κ3) is 7.60. The number of nitrogens with one attached hydrogen (secondary N) is 1. The SMILES string of the molecule is C=N/C=C\C(NC(=O)OC(C)(C)C)=C(/C)CCF. The average molecular weight is 256 g/mol. The molecule has 0 aromatic carbocycles. The summed E-state index contributed by atoms with van der Waals surface area (Å²) < 4.78 is 17.4.